The van der Waals surface area contributed by atoms with Gasteiger partial charge in [0.05, 0.1) is 7.11 Å². The molecule has 12 heavy (non-hydrogen) atoms. The lowest BCUT2D eigenvalue weighted by atomic mass is 9.98. The predicted molar refractivity (Wildman–Crippen MR) is 52.9 cm³/mol. The van der Waals surface area contributed by atoms with Crippen LogP contribution in [0.5, 0.6) is 0 Å². The van der Waals surface area contributed by atoms with Crippen LogP contribution in [-0.2, 0) is 4.74 Å². The van der Waals surface area contributed by atoms with E-state index in [1.807, 2.05) is 0 Å². The van der Waals surface area contributed by atoms with Gasteiger partial charge in [0.25, 0.3) is 0 Å². The van der Waals surface area contributed by atoms with Crippen molar-refractivity contribution in [1.29, 1.82) is 0 Å². The maximum Gasteiger partial charge on any atom is 0.140 e. The van der Waals surface area contributed by atoms with Crippen molar-refractivity contribution < 1.29 is 4.74 Å². The summed E-state index contributed by atoms with van der Waals surface area (Å²) in [5.74, 6) is 2.10. The van der Waals surface area contributed by atoms with Gasteiger partial charge in [0.2, 0.25) is 0 Å². The molecule has 0 amide bonds. The summed E-state index contributed by atoms with van der Waals surface area (Å²) in [6.45, 7) is 10.2. The molecule has 0 spiro atoms. The molecule has 1 nitrogen and oxygen atoms in total. The standard InChI is InChI=1S/C11H20O/c1-6-11(12-5)10(4)8-7-9(2)3/h9-10H,1,7-8H2,2-5H3. The summed E-state index contributed by atoms with van der Waals surface area (Å²) < 4.78 is 5.14. The predicted octanol–water partition coefficient (Wildman–Crippen LogP) is 3.37. The van der Waals surface area contributed by atoms with Crippen molar-refractivity contribution >= 4 is 0 Å². The molecule has 0 fully saturated rings. The summed E-state index contributed by atoms with van der Waals surface area (Å²) >= 11 is 0. The minimum atomic E-state index is 0.454. The first-order valence-corrected chi connectivity index (χ1v) is 4.55. The number of ether oxygens (including phenoxy) is 1. The molecule has 0 aliphatic heterocycles. The van der Waals surface area contributed by atoms with Crippen molar-refractivity contribution in [1.82, 2.24) is 0 Å². The van der Waals surface area contributed by atoms with Crippen LogP contribution >= 0.6 is 0 Å². The number of allylic oxidation sites excluding steroid dienone is 1. The Balaban J connectivity index is 3.86. The van der Waals surface area contributed by atoms with Gasteiger partial charge in [0, 0.05) is 5.92 Å². The molecular weight excluding hydrogens is 148 g/mol. The second-order valence-corrected chi connectivity index (χ2v) is 3.62. The Bertz CT molecular complexity index is 164. The Morgan fingerprint density at radius 3 is 2.25 bits per heavy atom. The summed E-state index contributed by atoms with van der Waals surface area (Å²) in [4.78, 5) is 0. The van der Waals surface area contributed by atoms with Crippen molar-refractivity contribution in [2.24, 2.45) is 11.8 Å². The average Bonchev–Trinajstić information content (AvgIpc) is 2.03. The molecular formula is C11H20O. The molecule has 0 aromatic carbocycles. The zero-order valence-electron chi connectivity index (χ0n) is 8.68. The quantitative estimate of drug-likeness (QED) is 0.451. The van der Waals surface area contributed by atoms with Crippen LogP contribution in [0, 0.1) is 11.8 Å². The third-order valence-electron chi connectivity index (χ3n) is 2.02. The molecule has 0 aromatic heterocycles. The second kappa shape index (κ2) is 5.91. The molecule has 0 rings (SSSR count). The summed E-state index contributed by atoms with van der Waals surface area (Å²) in [5.41, 5.74) is 2.82. The van der Waals surface area contributed by atoms with Gasteiger partial charge in [0.1, 0.15) is 5.76 Å². The van der Waals surface area contributed by atoms with Crippen LogP contribution in [0.1, 0.15) is 33.6 Å². The molecule has 0 aromatic rings. The maximum atomic E-state index is 5.14. The summed E-state index contributed by atoms with van der Waals surface area (Å²) in [6, 6.07) is 0. The zero-order chi connectivity index (χ0) is 9.56. The van der Waals surface area contributed by atoms with E-state index in [0.29, 0.717) is 5.92 Å². The molecule has 0 bridgehead atoms. The third kappa shape index (κ3) is 4.25. The molecule has 0 radical (unpaired) electrons. The average molecular weight is 168 g/mol. The second-order valence-electron chi connectivity index (χ2n) is 3.62. The van der Waals surface area contributed by atoms with Crippen LogP contribution in [0.4, 0.5) is 0 Å². The zero-order valence-corrected chi connectivity index (χ0v) is 8.68. The van der Waals surface area contributed by atoms with E-state index in [2.05, 4.69) is 33.1 Å². The van der Waals surface area contributed by atoms with Crippen molar-refractivity contribution in [2.45, 2.75) is 33.6 Å². The van der Waals surface area contributed by atoms with E-state index in [9.17, 15) is 0 Å². The number of hydrogen-bond acceptors (Lipinski definition) is 1. The van der Waals surface area contributed by atoms with Gasteiger partial charge in [-0.3, -0.25) is 0 Å². The van der Waals surface area contributed by atoms with E-state index in [-0.39, 0.29) is 0 Å². The fourth-order valence-electron chi connectivity index (χ4n) is 1.16. The summed E-state index contributed by atoms with van der Waals surface area (Å²) in [6.07, 6.45) is 2.39. The van der Waals surface area contributed by atoms with Gasteiger partial charge in [-0.15, -0.1) is 0 Å². The fraction of sp³-hybridized carbons (Fsp3) is 0.727. The largest absolute Gasteiger partial charge is 0.493 e. The van der Waals surface area contributed by atoms with E-state index >= 15 is 0 Å². The molecule has 0 heterocycles. The number of rotatable bonds is 5. The monoisotopic (exact) mass is 168 g/mol. The Morgan fingerprint density at radius 2 is 1.92 bits per heavy atom. The van der Waals surface area contributed by atoms with Crippen LogP contribution < -0.4 is 0 Å². The summed E-state index contributed by atoms with van der Waals surface area (Å²) in [5, 5.41) is 0. The highest BCUT2D eigenvalue weighted by atomic mass is 16.5. The van der Waals surface area contributed by atoms with Gasteiger partial charge < -0.3 is 4.74 Å². The van der Waals surface area contributed by atoms with Crippen LogP contribution in [0.25, 0.3) is 0 Å². The van der Waals surface area contributed by atoms with Crippen molar-refractivity contribution in [3.8, 4) is 0 Å². The third-order valence-corrected chi connectivity index (χ3v) is 2.02. The highest BCUT2D eigenvalue weighted by molar-refractivity contribution is 4.93. The molecule has 0 aliphatic rings. The lowest BCUT2D eigenvalue weighted by Gasteiger charge is -2.13. The molecule has 0 aliphatic carbocycles. The number of hydrogen-bond donors (Lipinski definition) is 0. The SMILES string of the molecule is C=C=C(OC)C(C)CCC(C)C. The van der Waals surface area contributed by atoms with Gasteiger partial charge in [-0.25, -0.2) is 0 Å². The lowest BCUT2D eigenvalue weighted by Crippen LogP contribution is -2.02. The Morgan fingerprint density at radius 1 is 1.33 bits per heavy atom. The van der Waals surface area contributed by atoms with Gasteiger partial charge >= 0.3 is 0 Å². The molecule has 70 valence electrons. The molecule has 0 saturated carbocycles. The molecule has 0 N–H and O–H groups in total. The van der Waals surface area contributed by atoms with E-state index in [1.165, 1.54) is 6.42 Å². The minimum Gasteiger partial charge on any atom is -0.493 e. The fourth-order valence-corrected chi connectivity index (χ4v) is 1.16. The Hall–Kier alpha value is -0.680. The first kappa shape index (κ1) is 11.3. The first-order valence-electron chi connectivity index (χ1n) is 4.55. The molecule has 0 saturated heterocycles. The van der Waals surface area contributed by atoms with Crippen molar-refractivity contribution in [3.05, 3.63) is 18.1 Å². The van der Waals surface area contributed by atoms with Gasteiger partial charge in [-0.1, -0.05) is 39.5 Å². The summed E-state index contributed by atoms with van der Waals surface area (Å²) in [7, 11) is 1.68. The minimum absolute atomic E-state index is 0.454. The molecule has 1 heteroatoms. The van der Waals surface area contributed by atoms with Gasteiger partial charge in [-0.05, 0) is 12.3 Å². The first-order chi connectivity index (χ1) is 5.61. The number of methoxy groups -OCH3 is 1. The van der Waals surface area contributed by atoms with Crippen molar-refractivity contribution in [2.75, 3.05) is 7.11 Å². The van der Waals surface area contributed by atoms with Crippen LogP contribution in [0.3, 0.4) is 0 Å². The smallest absolute Gasteiger partial charge is 0.140 e. The normalized spacial score (nSPS) is 12.4. The van der Waals surface area contributed by atoms with E-state index in [0.717, 1.165) is 18.1 Å². The molecule has 1 unspecified atom stereocenters. The maximum absolute atomic E-state index is 5.14. The van der Waals surface area contributed by atoms with E-state index in [1.54, 1.807) is 7.11 Å². The molecule has 1 atom stereocenters. The van der Waals surface area contributed by atoms with Crippen molar-refractivity contribution in [3.63, 3.8) is 0 Å². The Kier molecular flexibility index (Phi) is 5.57. The van der Waals surface area contributed by atoms with Crippen LogP contribution in [0.15, 0.2) is 18.1 Å². The van der Waals surface area contributed by atoms with Crippen LogP contribution in [0.2, 0.25) is 0 Å². The Labute approximate surface area is 76.1 Å². The van der Waals surface area contributed by atoms with Gasteiger partial charge in [-0.2, -0.15) is 0 Å². The van der Waals surface area contributed by atoms with E-state index in [4.69, 9.17) is 4.74 Å². The van der Waals surface area contributed by atoms with Crippen LogP contribution in [-0.4, -0.2) is 7.11 Å². The van der Waals surface area contributed by atoms with E-state index < -0.39 is 0 Å². The van der Waals surface area contributed by atoms with Gasteiger partial charge in [0.15, 0.2) is 0 Å². The highest BCUT2D eigenvalue weighted by Crippen LogP contribution is 2.18. The lowest BCUT2D eigenvalue weighted by molar-refractivity contribution is 0.239. The highest BCUT2D eigenvalue weighted by Gasteiger charge is 2.08. The topological polar surface area (TPSA) is 9.23 Å².